The number of carbonyl (C=O) groups is 3. The molecule has 0 N–H and O–H groups in total. The molecule has 1 aromatic rings. The van der Waals surface area contributed by atoms with E-state index < -0.39 is 41.3 Å². The van der Waals surface area contributed by atoms with Crippen LogP contribution in [-0.2, 0) is 15.8 Å². The molecule has 0 radical (unpaired) electrons. The minimum atomic E-state index is -4.80. The van der Waals surface area contributed by atoms with Gasteiger partial charge in [0.05, 0.1) is 35.0 Å². The van der Waals surface area contributed by atoms with Crippen molar-refractivity contribution in [1.29, 1.82) is 5.26 Å². The number of imide groups is 1. The summed E-state index contributed by atoms with van der Waals surface area (Å²) in [6.07, 6.45) is -4.32. The predicted octanol–water partition coefficient (Wildman–Crippen LogP) is 2.35. The first kappa shape index (κ1) is 19.2. The number of halogens is 3. The molecule has 7 nitrogen and oxygen atoms in total. The van der Waals surface area contributed by atoms with Crippen LogP contribution >= 0.6 is 0 Å². The number of fused-ring (bicyclic) bond motifs is 5. The first-order valence-electron chi connectivity index (χ1n) is 9.14. The Kier molecular flexibility index (Phi) is 4.12. The lowest BCUT2D eigenvalue weighted by atomic mass is 10.0. The second kappa shape index (κ2) is 6.20. The van der Waals surface area contributed by atoms with Crippen LogP contribution in [0.5, 0.6) is 0 Å². The van der Waals surface area contributed by atoms with Gasteiger partial charge in [-0.2, -0.15) is 18.4 Å². The van der Waals surface area contributed by atoms with Gasteiger partial charge in [0.1, 0.15) is 6.04 Å². The summed E-state index contributed by atoms with van der Waals surface area (Å²) in [5, 5.41) is 8.93. The smallest absolute Gasteiger partial charge is 0.335 e. The fourth-order valence-electron chi connectivity index (χ4n) is 4.48. The number of alkyl halides is 3. The van der Waals surface area contributed by atoms with E-state index in [1.807, 2.05) is 0 Å². The lowest BCUT2D eigenvalue weighted by molar-refractivity contribution is -0.139. The van der Waals surface area contributed by atoms with E-state index in [1.54, 1.807) is 18.7 Å². The molecule has 3 heterocycles. The standard InChI is InChI=1S/C19H17F3N4O3/c1-9(2)16(27)24-8-12-6-14(24)15-17(28)26(18(29)25(12)15)11-4-3-10(7-23)13(5-11)19(20,21)22/h3-5,9,12,14-15H,6,8H2,1-2H3. The van der Waals surface area contributed by atoms with Crippen molar-refractivity contribution in [3.8, 4) is 6.07 Å². The summed E-state index contributed by atoms with van der Waals surface area (Å²) >= 11 is 0. The number of nitrogens with zero attached hydrogens (tertiary/aromatic N) is 4. The van der Waals surface area contributed by atoms with Crippen LogP contribution in [0, 0.1) is 17.2 Å². The SMILES string of the molecule is CC(C)C(=O)N1CC2CC1C1C(=O)N(c3ccc(C#N)c(C(F)(F)F)c3)C(=O)N21. The van der Waals surface area contributed by atoms with Gasteiger partial charge in [0.2, 0.25) is 5.91 Å². The van der Waals surface area contributed by atoms with Gasteiger partial charge in [-0.3, -0.25) is 9.59 Å². The number of carbonyl (C=O) groups excluding carboxylic acids is 3. The van der Waals surface area contributed by atoms with Crippen LogP contribution in [0.2, 0.25) is 0 Å². The third kappa shape index (κ3) is 2.68. The zero-order valence-electron chi connectivity index (χ0n) is 15.6. The molecule has 3 aliphatic rings. The molecule has 4 rings (SSSR count). The maximum Gasteiger partial charge on any atom is 0.417 e. The number of hydrogen-bond acceptors (Lipinski definition) is 4. The van der Waals surface area contributed by atoms with E-state index in [2.05, 4.69) is 0 Å². The van der Waals surface area contributed by atoms with Crippen molar-refractivity contribution in [2.45, 2.75) is 44.6 Å². The van der Waals surface area contributed by atoms with Gasteiger partial charge in [-0.15, -0.1) is 0 Å². The van der Waals surface area contributed by atoms with Crippen LogP contribution < -0.4 is 4.90 Å². The monoisotopic (exact) mass is 406 g/mol. The number of piperazine rings is 1. The van der Waals surface area contributed by atoms with Crippen LogP contribution in [0.1, 0.15) is 31.4 Å². The first-order chi connectivity index (χ1) is 13.6. The molecule has 2 bridgehead atoms. The molecule has 152 valence electrons. The van der Waals surface area contributed by atoms with Gasteiger partial charge >= 0.3 is 12.2 Å². The Morgan fingerprint density at radius 2 is 1.97 bits per heavy atom. The van der Waals surface area contributed by atoms with Crippen molar-refractivity contribution >= 4 is 23.5 Å². The molecule has 3 fully saturated rings. The molecular formula is C19H17F3N4O3. The van der Waals surface area contributed by atoms with E-state index in [1.165, 1.54) is 11.0 Å². The second-order valence-corrected chi connectivity index (χ2v) is 7.75. The zero-order chi connectivity index (χ0) is 21.2. The van der Waals surface area contributed by atoms with Gasteiger partial charge in [-0.1, -0.05) is 13.8 Å². The second-order valence-electron chi connectivity index (χ2n) is 7.75. The largest absolute Gasteiger partial charge is 0.417 e. The average molecular weight is 406 g/mol. The number of anilines is 1. The first-order valence-corrected chi connectivity index (χ1v) is 9.14. The summed E-state index contributed by atoms with van der Waals surface area (Å²) in [7, 11) is 0. The Bertz CT molecular complexity index is 968. The van der Waals surface area contributed by atoms with Gasteiger partial charge in [0.15, 0.2) is 0 Å². The number of hydrogen-bond donors (Lipinski definition) is 0. The highest BCUT2D eigenvalue weighted by Crippen LogP contribution is 2.43. The molecule has 0 aliphatic carbocycles. The fraction of sp³-hybridized carbons (Fsp3) is 0.474. The van der Waals surface area contributed by atoms with Crippen molar-refractivity contribution < 1.29 is 27.6 Å². The molecule has 3 unspecified atom stereocenters. The van der Waals surface area contributed by atoms with Crippen molar-refractivity contribution in [3.63, 3.8) is 0 Å². The van der Waals surface area contributed by atoms with Crippen LogP contribution in [0.4, 0.5) is 23.7 Å². The van der Waals surface area contributed by atoms with Crippen LogP contribution in [0.3, 0.4) is 0 Å². The molecule has 4 amide bonds. The number of benzene rings is 1. The zero-order valence-corrected chi connectivity index (χ0v) is 15.6. The van der Waals surface area contributed by atoms with E-state index in [-0.39, 0.29) is 23.6 Å². The Balaban J connectivity index is 1.70. The normalized spacial score (nSPS) is 25.8. The summed E-state index contributed by atoms with van der Waals surface area (Å²) in [5.41, 5.74) is -2.03. The van der Waals surface area contributed by atoms with Crippen LogP contribution in [0.15, 0.2) is 18.2 Å². The molecular weight excluding hydrogens is 389 g/mol. The molecule has 3 atom stereocenters. The number of nitriles is 1. The Morgan fingerprint density at radius 1 is 1.28 bits per heavy atom. The maximum absolute atomic E-state index is 13.3. The van der Waals surface area contributed by atoms with Crippen molar-refractivity contribution in [2.75, 3.05) is 11.4 Å². The van der Waals surface area contributed by atoms with Crippen molar-refractivity contribution in [1.82, 2.24) is 9.80 Å². The molecule has 29 heavy (non-hydrogen) atoms. The summed E-state index contributed by atoms with van der Waals surface area (Å²) in [6.45, 7) is 3.80. The highest BCUT2D eigenvalue weighted by atomic mass is 19.4. The third-order valence-electron chi connectivity index (χ3n) is 5.73. The van der Waals surface area contributed by atoms with Crippen LogP contribution in [0.25, 0.3) is 0 Å². The van der Waals surface area contributed by atoms with E-state index in [0.717, 1.165) is 17.0 Å². The van der Waals surface area contributed by atoms with E-state index in [4.69, 9.17) is 5.26 Å². The van der Waals surface area contributed by atoms with Gasteiger partial charge in [-0.05, 0) is 24.6 Å². The fourth-order valence-corrected chi connectivity index (χ4v) is 4.48. The molecule has 0 saturated carbocycles. The third-order valence-corrected chi connectivity index (χ3v) is 5.73. The van der Waals surface area contributed by atoms with E-state index >= 15 is 0 Å². The summed E-state index contributed by atoms with van der Waals surface area (Å²) in [5.74, 6) is -1.03. The topological polar surface area (TPSA) is 84.7 Å². The summed E-state index contributed by atoms with van der Waals surface area (Å²) < 4.78 is 39.8. The molecule has 0 spiro atoms. The Labute approximate surface area is 164 Å². The minimum Gasteiger partial charge on any atom is -0.335 e. The number of urea groups is 1. The summed E-state index contributed by atoms with van der Waals surface area (Å²) in [4.78, 5) is 42.1. The van der Waals surface area contributed by atoms with Gasteiger partial charge in [-0.25, -0.2) is 9.69 Å². The quantitative estimate of drug-likeness (QED) is 0.706. The lowest BCUT2D eigenvalue weighted by Gasteiger charge is -2.35. The molecule has 10 heteroatoms. The molecule has 3 saturated heterocycles. The average Bonchev–Trinajstić information content (AvgIpc) is 3.31. The van der Waals surface area contributed by atoms with Crippen molar-refractivity contribution in [3.05, 3.63) is 29.3 Å². The van der Waals surface area contributed by atoms with Gasteiger partial charge in [0, 0.05) is 12.5 Å². The predicted molar refractivity (Wildman–Crippen MR) is 93.4 cm³/mol. The van der Waals surface area contributed by atoms with E-state index in [0.29, 0.717) is 19.0 Å². The Morgan fingerprint density at radius 3 is 2.55 bits per heavy atom. The van der Waals surface area contributed by atoms with Gasteiger partial charge < -0.3 is 9.80 Å². The van der Waals surface area contributed by atoms with Crippen molar-refractivity contribution in [2.24, 2.45) is 5.92 Å². The van der Waals surface area contributed by atoms with Crippen LogP contribution in [-0.4, -0.2) is 52.3 Å². The Hall–Kier alpha value is -3.09. The maximum atomic E-state index is 13.3. The molecule has 0 aromatic heterocycles. The highest BCUT2D eigenvalue weighted by Gasteiger charge is 2.63. The number of amides is 4. The summed E-state index contributed by atoms with van der Waals surface area (Å²) in [6, 6.07) is 1.83. The lowest BCUT2D eigenvalue weighted by Crippen LogP contribution is -2.55. The molecule has 1 aromatic carbocycles. The minimum absolute atomic E-state index is 0.117. The molecule has 3 aliphatic heterocycles. The highest BCUT2D eigenvalue weighted by molar-refractivity contribution is 6.22. The van der Waals surface area contributed by atoms with Gasteiger partial charge in [0.25, 0.3) is 5.91 Å². The number of likely N-dealkylation sites (tertiary alicyclic amines) is 1. The number of rotatable bonds is 2. The van der Waals surface area contributed by atoms with E-state index in [9.17, 15) is 27.6 Å².